The van der Waals surface area contributed by atoms with Gasteiger partial charge in [-0.2, -0.15) is 8.42 Å². The molecule has 3 aromatic rings. The van der Waals surface area contributed by atoms with Crippen molar-refractivity contribution in [3.63, 3.8) is 0 Å². The number of carbonyl (C=O) groups excluding carboxylic acids is 1. The highest BCUT2D eigenvalue weighted by Gasteiger charge is 2.30. The van der Waals surface area contributed by atoms with Crippen molar-refractivity contribution in [1.82, 2.24) is 10.2 Å². The molecule has 1 heterocycles. The predicted octanol–water partition coefficient (Wildman–Crippen LogP) is 3.61. The first-order chi connectivity index (χ1) is 16.9. The predicted molar refractivity (Wildman–Crippen MR) is 134 cm³/mol. The van der Waals surface area contributed by atoms with Gasteiger partial charge in [-0.1, -0.05) is 91.0 Å². The van der Waals surface area contributed by atoms with E-state index in [2.05, 4.69) is 10.2 Å². The Balaban J connectivity index is 1.48. The molecule has 0 radical (unpaired) electrons. The molecule has 3 aromatic carbocycles. The van der Waals surface area contributed by atoms with E-state index in [1.165, 1.54) is 0 Å². The standard InChI is InChI=1S/C27H30N2O5S/c30-26(27(22-12-6-2-7-13-22)23-14-8-3-9-15-23)18-28-25(21-10-4-1-5-11-21)20-29-17-16-24(19-29)34-35(31,32)33/h1-15,24-25,27-28H,16-20H2,(H,31,32,33). The van der Waals surface area contributed by atoms with Crippen LogP contribution in [0.4, 0.5) is 0 Å². The van der Waals surface area contributed by atoms with Crippen LogP contribution >= 0.6 is 0 Å². The van der Waals surface area contributed by atoms with Gasteiger partial charge in [0.1, 0.15) is 0 Å². The first kappa shape index (κ1) is 25.2. The van der Waals surface area contributed by atoms with Gasteiger partial charge < -0.3 is 5.32 Å². The van der Waals surface area contributed by atoms with Crippen molar-refractivity contribution in [2.24, 2.45) is 0 Å². The number of ketones is 1. The van der Waals surface area contributed by atoms with E-state index in [4.69, 9.17) is 8.74 Å². The second-order valence-electron chi connectivity index (χ2n) is 8.76. The number of hydrogen-bond donors (Lipinski definition) is 2. The highest BCUT2D eigenvalue weighted by molar-refractivity contribution is 7.80. The molecular weight excluding hydrogens is 464 g/mol. The second-order valence-corrected chi connectivity index (χ2v) is 9.81. The van der Waals surface area contributed by atoms with Crippen molar-refractivity contribution in [3.05, 3.63) is 108 Å². The Bertz CT molecular complexity index is 1150. The molecule has 0 amide bonds. The summed E-state index contributed by atoms with van der Waals surface area (Å²) >= 11 is 0. The molecule has 0 aromatic heterocycles. The Morgan fingerprint density at radius 1 is 0.914 bits per heavy atom. The third-order valence-electron chi connectivity index (χ3n) is 6.24. The third kappa shape index (κ3) is 7.30. The number of rotatable bonds is 11. The molecular formula is C27H30N2O5S. The zero-order valence-corrected chi connectivity index (χ0v) is 20.2. The fraction of sp³-hybridized carbons (Fsp3) is 0.296. The average Bonchev–Trinajstić information content (AvgIpc) is 3.29. The zero-order valence-electron chi connectivity index (χ0n) is 19.4. The zero-order chi connectivity index (χ0) is 24.7. The lowest BCUT2D eigenvalue weighted by molar-refractivity contribution is -0.119. The largest absolute Gasteiger partial charge is 0.397 e. The Morgan fingerprint density at radius 3 is 1.94 bits per heavy atom. The molecule has 35 heavy (non-hydrogen) atoms. The van der Waals surface area contributed by atoms with Gasteiger partial charge in [0.05, 0.1) is 18.6 Å². The lowest BCUT2D eigenvalue weighted by Gasteiger charge is -2.26. The van der Waals surface area contributed by atoms with E-state index in [0.717, 1.165) is 16.7 Å². The van der Waals surface area contributed by atoms with E-state index in [-0.39, 0.29) is 24.3 Å². The van der Waals surface area contributed by atoms with Crippen LogP contribution in [0, 0.1) is 0 Å². The summed E-state index contributed by atoms with van der Waals surface area (Å²) in [6.07, 6.45) is -0.0757. The van der Waals surface area contributed by atoms with Crippen LogP contribution in [0.3, 0.4) is 0 Å². The van der Waals surface area contributed by atoms with Crippen molar-refractivity contribution in [2.75, 3.05) is 26.2 Å². The van der Waals surface area contributed by atoms with E-state index in [9.17, 15) is 13.2 Å². The second kappa shape index (κ2) is 11.7. The summed E-state index contributed by atoms with van der Waals surface area (Å²) in [6, 6.07) is 29.3. The monoisotopic (exact) mass is 494 g/mol. The minimum atomic E-state index is -4.48. The molecule has 0 spiro atoms. The minimum Gasteiger partial charge on any atom is -0.302 e. The lowest BCUT2D eigenvalue weighted by atomic mass is 9.87. The van der Waals surface area contributed by atoms with Gasteiger partial charge in [0.15, 0.2) is 5.78 Å². The van der Waals surface area contributed by atoms with Crippen LogP contribution < -0.4 is 5.32 Å². The van der Waals surface area contributed by atoms with E-state index < -0.39 is 16.5 Å². The molecule has 0 aliphatic carbocycles. The van der Waals surface area contributed by atoms with Gasteiger partial charge >= 0.3 is 10.4 Å². The molecule has 2 N–H and O–H groups in total. The van der Waals surface area contributed by atoms with Crippen LogP contribution in [-0.4, -0.2) is 55.9 Å². The van der Waals surface area contributed by atoms with Gasteiger partial charge in [0.25, 0.3) is 0 Å². The maximum Gasteiger partial charge on any atom is 0.397 e. The Labute approximate surface area is 206 Å². The summed E-state index contributed by atoms with van der Waals surface area (Å²) in [4.78, 5) is 15.6. The first-order valence-electron chi connectivity index (χ1n) is 11.7. The van der Waals surface area contributed by atoms with Gasteiger partial charge in [-0.15, -0.1) is 0 Å². The smallest absolute Gasteiger partial charge is 0.302 e. The van der Waals surface area contributed by atoms with E-state index in [1.807, 2.05) is 91.0 Å². The van der Waals surface area contributed by atoms with E-state index >= 15 is 0 Å². The van der Waals surface area contributed by atoms with Crippen LogP contribution in [0.5, 0.6) is 0 Å². The molecule has 0 bridgehead atoms. The van der Waals surface area contributed by atoms with Gasteiger partial charge in [0.2, 0.25) is 0 Å². The fourth-order valence-electron chi connectivity index (χ4n) is 4.63. The summed E-state index contributed by atoms with van der Waals surface area (Å²) in [7, 11) is -4.48. The quantitative estimate of drug-likeness (QED) is 0.393. The summed E-state index contributed by atoms with van der Waals surface area (Å²) in [5.41, 5.74) is 2.94. The molecule has 184 valence electrons. The highest BCUT2D eigenvalue weighted by Crippen LogP contribution is 2.26. The number of hydrogen-bond acceptors (Lipinski definition) is 6. The first-order valence-corrected chi connectivity index (χ1v) is 13.0. The molecule has 1 aliphatic heterocycles. The molecule has 0 saturated carbocycles. The van der Waals surface area contributed by atoms with Crippen LogP contribution in [0.1, 0.15) is 35.1 Å². The van der Waals surface area contributed by atoms with Gasteiger partial charge in [-0.3, -0.25) is 14.2 Å². The van der Waals surface area contributed by atoms with Crippen LogP contribution in [0.15, 0.2) is 91.0 Å². The van der Waals surface area contributed by atoms with Crippen LogP contribution in [0.2, 0.25) is 0 Å². The summed E-state index contributed by atoms with van der Waals surface area (Å²) in [5.74, 6) is -0.307. The summed E-state index contributed by atoms with van der Waals surface area (Å²) < 4.78 is 35.9. The van der Waals surface area contributed by atoms with Crippen molar-refractivity contribution < 1.29 is 21.9 Å². The third-order valence-corrected chi connectivity index (χ3v) is 6.76. The molecule has 4 rings (SSSR count). The van der Waals surface area contributed by atoms with E-state index in [0.29, 0.717) is 26.1 Å². The topological polar surface area (TPSA) is 95.9 Å². The van der Waals surface area contributed by atoms with Gasteiger partial charge in [-0.05, 0) is 23.1 Å². The van der Waals surface area contributed by atoms with Crippen molar-refractivity contribution in [2.45, 2.75) is 24.5 Å². The normalized spacial score (nSPS) is 17.5. The number of Topliss-reactive ketones (excluding diaryl/α,β-unsaturated/α-hetero) is 1. The number of benzene rings is 3. The SMILES string of the molecule is O=C(CNC(CN1CCC(OS(=O)(=O)O)C1)c1ccccc1)C(c1ccccc1)c1ccccc1. The highest BCUT2D eigenvalue weighted by atomic mass is 32.3. The molecule has 2 unspecified atom stereocenters. The average molecular weight is 495 g/mol. The molecule has 1 aliphatic rings. The maximum absolute atomic E-state index is 13.5. The molecule has 2 atom stereocenters. The lowest BCUT2D eigenvalue weighted by Crippen LogP contribution is -2.38. The fourth-order valence-corrected chi connectivity index (χ4v) is 5.13. The Morgan fingerprint density at radius 2 is 1.43 bits per heavy atom. The number of nitrogens with one attached hydrogen (secondary N) is 1. The van der Waals surface area contributed by atoms with Crippen LogP contribution in [0.25, 0.3) is 0 Å². The minimum absolute atomic E-state index is 0.0670. The van der Waals surface area contributed by atoms with Crippen molar-refractivity contribution in [3.8, 4) is 0 Å². The van der Waals surface area contributed by atoms with E-state index in [1.54, 1.807) is 0 Å². The van der Waals surface area contributed by atoms with Gasteiger partial charge in [0, 0.05) is 25.7 Å². The molecule has 7 nitrogen and oxygen atoms in total. The summed E-state index contributed by atoms with van der Waals surface area (Å²) in [5, 5.41) is 3.45. The number of carbonyl (C=O) groups is 1. The maximum atomic E-state index is 13.5. The van der Waals surface area contributed by atoms with Crippen LogP contribution in [-0.2, 0) is 19.4 Å². The van der Waals surface area contributed by atoms with Gasteiger partial charge in [-0.25, -0.2) is 4.18 Å². The number of likely N-dealkylation sites (tertiary alicyclic amines) is 1. The van der Waals surface area contributed by atoms with Crippen molar-refractivity contribution >= 4 is 16.2 Å². The Kier molecular flexibility index (Phi) is 8.43. The molecule has 1 fully saturated rings. The number of nitrogens with zero attached hydrogens (tertiary/aromatic N) is 1. The molecule has 1 saturated heterocycles. The summed E-state index contributed by atoms with van der Waals surface area (Å²) in [6.45, 7) is 1.77. The molecule has 8 heteroatoms. The Hall–Kier alpha value is -2.88. The van der Waals surface area contributed by atoms with Crippen molar-refractivity contribution in [1.29, 1.82) is 0 Å².